The maximum absolute atomic E-state index is 12.2. The van der Waals surface area contributed by atoms with E-state index in [1.807, 2.05) is 0 Å². The van der Waals surface area contributed by atoms with Crippen LogP contribution in [0.25, 0.3) is 10.9 Å². The molecule has 0 saturated carbocycles. The van der Waals surface area contributed by atoms with Gasteiger partial charge in [-0.3, -0.25) is 4.90 Å². The fourth-order valence-corrected chi connectivity index (χ4v) is 4.93. The maximum atomic E-state index is 12.2. The summed E-state index contributed by atoms with van der Waals surface area (Å²) >= 11 is 0. The minimum Gasteiger partial charge on any atom is -0.515 e. The zero-order chi connectivity index (χ0) is 18.3. The zero-order valence-corrected chi connectivity index (χ0v) is 15.4. The summed E-state index contributed by atoms with van der Waals surface area (Å²) in [6, 6.07) is 8.70. The third-order valence-electron chi connectivity index (χ3n) is 6.27. The van der Waals surface area contributed by atoms with Crippen LogP contribution in [0.15, 0.2) is 36.1 Å². The predicted molar refractivity (Wildman–Crippen MR) is 101 cm³/mol. The summed E-state index contributed by atoms with van der Waals surface area (Å²) in [6.45, 7) is 4.14. The van der Waals surface area contributed by atoms with Crippen molar-refractivity contribution >= 4 is 16.9 Å². The first-order valence-electron chi connectivity index (χ1n) is 9.44. The fraction of sp³-hybridized carbons (Fsp3) is 0.476. The molecule has 0 unspecified atom stereocenters. The zero-order valence-electron chi connectivity index (χ0n) is 15.4. The number of hydrogen-bond acceptors (Lipinski definition) is 4. The van der Waals surface area contributed by atoms with E-state index in [2.05, 4.69) is 41.1 Å². The maximum Gasteiger partial charge on any atom is 0.337 e. The first-order chi connectivity index (χ1) is 12.7. The fourth-order valence-electron chi connectivity index (χ4n) is 4.93. The summed E-state index contributed by atoms with van der Waals surface area (Å²) in [5, 5.41) is 11.0. The van der Waals surface area contributed by atoms with Crippen LogP contribution in [-0.2, 0) is 16.0 Å². The van der Waals surface area contributed by atoms with Crippen LogP contribution in [-0.4, -0.2) is 41.2 Å². The van der Waals surface area contributed by atoms with Crippen LogP contribution in [0.5, 0.6) is 0 Å². The first-order valence-corrected chi connectivity index (χ1v) is 9.44. The van der Waals surface area contributed by atoms with E-state index in [0.717, 1.165) is 38.6 Å². The predicted octanol–water partition coefficient (Wildman–Crippen LogP) is 3.73. The quantitative estimate of drug-likeness (QED) is 0.501. The molecule has 5 heteroatoms. The number of H-pyrrole nitrogens is 1. The number of aliphatic hydroxyl groups is 1. The number of hydrogen-bond donors (Lipinski definition) is 2. The van der Waals surface area contributed by atoms with Gasteiger partial charge < -0.3 is 14.8 Å². The Morgan fingerprint density at radius 1 is 1.42 bits per heavy atom. The van der Waals surface area contributed by atoms with Crippen molar-refractivity contribution in [3.63, 3.8) is 0 Å². The second-order valence-corrected chi connectivity index (χ2v) is 7.41. The first kappa shape index (κ1) is 17.2. The van der Waals surface area contributed by atoms with E-state index in [-0.39, 0.29) is 12.0 Å². The highest BCUT2D eigenvalue weighted by Crippen LogP contribution is 2.45. The van der Waals surface area contributed by atoms with Gasteiger partial charge >= 0.3 is 5.97 Å². The Hall–Kier alpha value is -2.27. The molecule has 0 bridgehead atoms. The van der Waals surface area contributed by atoms with Crippen molar-refractivity contribution in [3.8, 4) is 0 Å². The second-order valence-electron chi connectivity index (χ2n) is 7.41. The number of carbonyl (C=O) groups excluding carboxylic acids is 1. The third kappa shape index (κ3) is 2.62. The number of nitrogens with one attached hydrogen (secondary N) is 1. The lowest BCUT2D eigenvalue weighted by Gasteiger charge is -2.46. The summed E-state index contributed by atoms with van der Waals surface area (Å²) in [7, 11) is 1.37. The minimum absolute atomic E-state index is 0.0102. The standard InChI is InChI=1S/C21H26N2O3/c1-3-13-11-23-9-8-15-14-6-4-5-7-18(14)22-20(15)19(23)10-16(13)17(12-24)21(25)26-2/h4-7,12-13,16,19,22,24H,3,8-11H2,1-2H3/b17-12+/t13-,16-,19-/m0/s1. The van der Waals surface area contributed by atoms with Gasteiger partial charge in [-0.1, -0.05) is 31.5 Å². The van der Waals surface area contributed by atoms with Crippen LogP contribution in [0, 0.1) is 11.8 Å². The van der Waals surface area contributed by atoms with Gasteiger partial charge in [0.15, 0.2) is 0 Å². The Labute approximate surface area is 153 Å². The lowest BCUT2D eigenvalue weighted by Crippen LogP contribution is -2.46. The average molecular weight is 354 g/mol. The molecule has 5 nitrogen and oxygen atoms in total. The third-order valence-corrected chi connectivity index (χ3v) is 6.27. The number of aliphatic hydroxyl groups excluding tert-OH is 1. The number of aromatic amines is 1. The Morgan fingerprint density at radius 3 is 2.96 bits per heavy atom. The van der Waals surface area contributed by atoms with E-state index in [0.29, 0.717) is 11.5 Å². The van der Waals surface area contributed by atoms with E-state index in [1.165, 1.54) is 29.3 Å². The lowest BCUT2D eigenvalue weighted by molar-refractivity contribution is -0.137. The largest absolute Gasteiger partial charge is 0.515 e. The minimum atomic E-state index is -0.419. The van der Waals surface area contributed by atoms with Crippen molar-refractivity contribution in [2.45, 2.75) is 32.2 Å². The molecule has 3 heterocycles. The Balaban J connectivity index is 1.73. The van der Waals surface area contributed by atoms with E-state index < -0.39 is 5.97 Å². The number of fused-ring (bicyclic) bond motifs is 5. The Morgan fingerprint density at radius 2 is 2.23 bits per heavy atom. The molecule has 138 valence electrons. The number of nitrogens with zero attached hydrogens (tertiary/aromatic N) is 1. The molecule has 0 spiro atoms. The van der Waals surface area contributed by atoms with Crippen LogP contribution in [0.2, 0.25) is 0 Å². The van der Waals surface area contributed by atoms with E-state index >= 15 is 0 Å². The highest BCUT2D eigenvalue weighted by molar-refractivity contribution is 5.89. The molecule has 1 saturated heterocycles. The van der Waals surface area contributed by atoms with Crippen molar-refractivity contribution in [2.24, 2.45) is 11.8 Å². The van der Waals surface area contributed by atoms with Crippen LogP contribution in [0.3, 0.4) is 0 Å². The summed E-state index contributed by atoms with van der Waals surface area (Å²) in [5.74, 6) is -0.0668. The number of rotatable bonds is 3. The number of piperidine rings is 1. The summed E-state index contributed by atoms with van der Waals surface area (Å²) in [4.78, 5) is 18.3. The highest BCUT2D eigenvalue weighted by Gasteiger charge is 2.42. The van der Waals surface area contributed by atoms with Crippen LogP contribution >= 0.6 is 0 Å². The van der Waals surface area contributed by atoms with Gasteiger partial charge in [0.2, 0.25) is 0 Å². The van der Waals surface area contributed by atoms with Gasteiger partial charge in [-0.05, 0) is 36.3 Å². The van der Waals surface area contributed by atoms with Crippen LogP contribution in [0.4, 0.5) is 0 Å². The summed E-state index contributed by atoms with van der Waals surface area (Å²) in [5.41, 5.74) is 4.27. The van der Waals surface area contributed by atoms with Crippen molar-refractivity contribution in [1.29, 1.82) is 0 Å². The monoisotopic (exact) mass is 354 g/mol. The molecule has 2 aliphatic heterocycles. The lowest BCUT2D eigenvalue weighted by atomic mass is 9.74. The van der Waals surface area contributed by atoms with E-state index in [4.69, 9.17) is 4.74 Å². The number of para-hydroxylation sites is 1. The smallest absolute Gasteiger partial charge is 0.337 e. The average Bonchev–Trinajstić information content (AvgIpc) is 3.07. The molecule has 0 radical (unpaired) electrons. The van der Waals surface area contributed by atoms with E-state index in [1.54, 1.807) is 0 Å². The topological polar surface area (TPSA) is 65.6 Å². The molecular formula is C21H26N2O3. The van der Waals surface area contributed by atoms with Crippen molar-refractivity contribution in [1.82, 2.24) is 9.88 Å². The molecule has 2 aromatic rings. The van der Waals surface area contributed by atoms with Gasteiger partial charge in [0.25, 0.3) is 0 Å². The van der Waals surface area contributed by atoms with E-state index in [9.17, 15) is 9.90 Å². The van der Waals surface area contributed by atoms with Crippen LogP contribution in [0.1, 0.15) is 37.1 Å². The second kappa shape index (κ2) is 6.80. The Bertz CT molecular complexity index is 854. The molecule has 1 fully saturated rings. The van der Waals surface area contributed by atoms with Gasteiger partial charge in [0, 0.05) is 29.7 Å². The molecule has 2 N–H and O–H groups in total. The molecule has 4 rings (SSSR count). The van der Waals surface area contributed by atoms with Crippen LogP contribution < -0.4 is 0 Å². The van der Waals surface area contributed by atoms with Gasteiger partial charge in [-0.15, -0.1) is 0 Å². The van der Waals surface area contributed by atoms with Gasteiger partial charge in [-0.2, -0.15) is 0 Å². The molecule has 2 aliphatic rings. The van der Waals surface area contributed by atoms with Gasteiger partial charge in [0.05, 0.1) is 25.0 Å². The number of ether oxygens (including phenoxy) is 1. The molecule has 26 heavy (non-hydrogen) atoms. The van der Waals surface area contributed by atoms with Crippen molar-refractivity contribution in [3.05, 3.63) is 47.4 Å². The van der Waals surface area contributed by atoms with Crippen molar-refractivity contribution < 1.29 is 14.6 Å². The number of benzene rings is 1. The van der Waals surface area contributed by atoms with Gasteiger partial charge in [0.1, 0.15) is 0 Å². The number of esters is 1. The highest BCUT2D eigenvalue weighted by atomic mass is 16.5. The van der Waals surface area contributed by atoms with Crippen molar-refractivity contribution in [2.75, 3.05) is 20.2 Å². The number of aromatic nitrogens is 1. The number of carbonyl (C=O) groups is 1. The SMILES string of the molecule is CC[C@H]1CN2CCc3c([nH]c4ccccc34)[C@@H]2C[C@@H]1/C(=C\O)C(=O)OC. The molecule has 3 atom stereocenters. The molecular weight excluding hydrogens is 328 g/mol. The summed E-state index contributed by atoms with van der Waals surface area (Å²) in [6.07, 6.45) is 3.81. The molecule has 1 aromatic heterocycles. The molecule has 1 aromatic carbocycles. The Kier molecular flexibility index (Phi) is 4.49. The number of methoxy groups -OCH3 is 1. The molecule has 0 aliphatic carbocycles. The summed E-state index contributed by atoms with van der Waals surface area (Å²) < 4.78 is 4.91. The normalized spacial score (nSPS) is 26.4. The molecule has 0 amide bonds. The van der Waals surface area contributed by atoms with Gasteiger partial charge in [-0.25, -0.2) is 4.79 Å².